The summed E-state index contributed by atoms with van der Waals surface area (Å²) in [6, 6.07) is 0. The molecule has 0 saturated heterocycles. The van der Waals surface area contributed by atoms with E-state index in [2.05, 4.69) is 5.32 Å². The van der Waals surface area contributed by atoms with Crippen LogP contribution >= 0.6 is 0 Å². The first-order valence-electron chi connectivity index (χ1n) is 6.22. The summed E-state index contributed by atoms with van der Waals surface area (Å²) in [5.74, 6) is 0.148. The van der Waals surface area contributed by atoms with Crippen LogP contribution < -0.4 is 5.32 Å². The molecule has 18 heavy (non-hydrogen) atoms. The van der Waals surface area contributed by atoms with Crippen molar-refractivity contribution in [2.45, 2.75) is 27.7 Å². The molecule has 0 aromatic carbocycles. The molecule has 0 heterocycles. The fourth-order valence-corrected chi connectivity index (χ4v) is 1.69. The van der Waals surface area contributed by atoms with Crippen molar-refractivity contribution in [1.29, 1.82) is 0 Å². The zero-order chi connectivity index (χ0) is 14.3. The summed E-state index contributed by atoms with van der Waals surface area (Å²) in [6.07, 6.45) is 0. The van der Waals surface area contributed by atoms with E-state index in [4.69, 9.17) is 4.74 Å². The second-order valence-corrected chi connectivity index (χ2v) is 5.75. The lowest BCUT2D eigenvalue weighted by Crippen LogP contribution is -2.43. The number of hydrogen-bond acceptors (Lipinski definition) is 4. The molecule has 1 amide bonds. The molecule has 0 saturated carbocycles. The molecule has 0 bridgehead atoms. The molecule has 5 heteroatoms. The quantitative estimate of drug-likeness (QED) is 0.689. The third-order valence-corrected chi connectivity index (χ3v) is 2.52. The minimum Gasteiger partial charge on any atom is -0.469 e. The molecule has 1 N–H and O–H groups in total. The van der Waals surface area contributed by atoms with E-state index in [1.165, 1.54) is 7.11 Å². The zero-order valence-corrected chi connectivity index (χ0v) is 12.4. The Labute approximate surface area is 110 Å². The van der Waals surface area contributed by atoms with E-state index in [1.54, 1.807) is 13.8 Å². The van der Waals surface area contributed by atoms with Gasteiger partial charge in [-0.05, 0) is 26.8 Å². The number of hydrogen-bond donors (Lipinski definition) is 1. The van der Waals surface area contributed by atoms with Gasteiger partial charge in [0.2, 0.25) is 5.91 Å². The summed E-state index contributed by atoms with van der Waals surface area (Å²) in [6.45, 7) is 9.15. The van der Waals surface area contributed by atoms with E-state index in [0.29, 0.717) is 19.0 Å². The third kappa shape index (κ3) is 6.59. The molecule has 0 aliphatic rings. The van der Waals surface area contributed by atoms with Crippen LogP contribution in [0.1, 0.15) is 27.7 Å². The van der Waals surface area contributed by atoms with E-state index in [9.17, 15) is 9.59 Å². The average molecular weight is 258 g/mol. The Bertz CT molecular complexity index is 288. The predicted molar refractivity (Wildman–Crippen MR) is 71.1 cm³/mol. The van der Waals surface area contributed by atoms with Gasteiger partial charge in [0.25, 0.3) is 0 Å². The van der Waals surface area contributed by atoms with Gasteiger partial charge in [-0.25, -0.2) is 0 Å². The fourth-order valence-electron chi connectivity index (χ4n) is 1.69. The fraction of sp³-hybridized carbons (Fsp3) is 0.846. The summed E-state index contributed by atoms with van der Waals surface area (Å²) in [5.41, 5.74) is -0.609. The van der Waals surface area contributed by atoms with Gasteiger partial charge in [0.1, 0.15) is 0 Å². The maximum absolute atomic E-state index is 11.6. The van der Waals surface area contributed by atoms with Crippen LogP contribution in [0.2, 0.25) is 0 Å². The summed E-state index contributed by atoms with van der Waals surface area (Å²) in [5, 5.41) is 2.85. The highest BCUT2D eigenvalue weighted by atomic mass is 16.5. The van der Waals surface area contributed by atoms with Crippen molar-refractivity contribution in [2.75, 3.05) is 33.8 Å². The normalized spacial score (nSPS) is 11.8. The Hall–Kier alpha value is -1.10. The maximum Gasteiger partial charge on any atom is 0.312 e. The van der Waals surface area contributed by atoms with Crippen LogP contribution in [-0.4, -0.2) is 50.6 Å². The summed E-state index contributed by atoms with van der Waals surface area (Å²) < 4.78 is 4.73. The molecule has 5 nitrogen and oxygen atoms in total. The van der Waals surface area contributed by atoms with Gasteiger partial charge in [0.05, 0.1) is 19.1 Å². The Morgan fingerprint density at radius 2 is 1.89 bits per heavy atom. The van der Waals surface area contributed by atoms with Gasteiger partial charge in [-0.3, -0.25) is 14.5 Å². The summed E-state index contributed by atoms with van der Waals surface area (Å²) in [4.78, 5) is 25.0. The molecule has 0 atom stereocenters. The zero-order valence-electron chi connectivity index (χ0n) is 12.4. The molecule has 0 aliphatic carbocycles. The second kappa shape index (κ2) is 7.36. The maximum atomic E-state index is 11.6. The lowest BCUT2D eigenvalue weighted by Gasteiger charge is -2.27. The molecule has 0 aliphatic heterocycles. The molecule has 106 valence electrons. The number of rotatable bonds is 7. The lowest BCUT2D eigenvalue weighted by molar-refractivity contribution is -0.152. The van der Waals surface area contributed by atoms with Crippen LogP contribution in [0, 0.1) is 11.3 Å². The van der Waals surface area contributed by atoms with Crippen LogP contribution in [0.5, 0.6) is 0 Å². The number of amides is 1. The van der Waals surface area contributed by atoms with E-state index in [1.807, 2.05) is 25.8 Å². The van der Waals surface area contributed by atoms with Crippen LogP contribution in [0.3, 0.4) is 0 Å². The molecule has 0 unspecified atom stereocenters. The van der Waals surface area contributed by atoms with Crippen LogP contribution in [0.25, 0.3) is 0 Å². The average Bonchev–Trinajstić information content (AvgIpc) is 2.24. The largest absolute Gasteiger partial charge is 0.469 e. The molecule has 0 radical (unpaired) electrons. The number of esters is 1. The number of ether oxygens (including phenoxy) is 1. The van der Waals surface area contributed by atoms with Gasteiger partial charge in [-0.1, -0.05) is 13.8 Å². The Morgan fingerprint density at radius 3 is 2.33 bits per heavy atom. The van der Waals surface area contributed by atoms with E-state index < -0.39 is 5.41 Å². The standard InChI is InChI=1S/C13H26N2O3/c1-10(2)7-14-11(16)8-15(5)9-13(3,4)12(17)18-6/h10H,7-9H2,1-6H3,(H,14,16). The van der Waals surface area contributed by atoms with Gasteiger partial charge >= 0.3 is 5.97 Å². The van der Waals surface area contributed by atoms with Gasteiger partial charge in [-0.2, -0.15) is 0 Å². The van der Waals surface area contributed by atoms with Crippen molar-refractivity contribution in [2.24, 2.45) is 11.3 Å². The van der Waals surface area contributed by atoms with Crippen LogP contribution in [-0.2, 0) is 14.3 Å². The van der Waals surface area contributed by atoms with Crippen molar-refractivity contribution < 1.29 is 14.3 Å². The van der Waals surface area contributed by atoms with Crippen molar-refractivity contribution >= 4 is 11.9 Å². The van der Waals surface area contributed by atoms with Gasteiger partial charge in [0, 0.05) is 13.1 Å². The SMILES string of the molecule is COC(=O)C(C)(C)CN(C)CC(=O)NCC(C)C. The predicted octanol–water partition coefficient (Wildman–Crippen LogP) is 0.890. The Balaban J connectivity index is 4.14. The van der Waals surface area contributed by atoms with Crippen molar-refractivity contribution in [3.05, 3.63) is 0 Å². The van der Waals surface area contributed by atoms with E-state index >= 15 is 0 Å². The first-order valence-corrected chi connectivity index (χ1v) is 6.22. The number of nitrogens with zero attached hydrogens (tertiary/aromatic N) is 1. The monoisotopic (exact) mass is 258 g/mol. The number of likely N-dealkylation sites (N-methyl/N-ethyl adjacent to an activating group) is 1. The third-order valence-electron chi connectivity index (χ3n) is 2.52. The highest BCUT2D eigenvalue weighted by Gasteiger charge is 2.30. The highest BCUT2D eigenvalue weighted by molar-refractivity contribution is 5.78. The Morgan fingerprint density at radius 1 is 1.33 bits per heavy atom. The molecule has 0 spiro atoms. The molecular formula is C13H26N2O3. The highest BCUT2D eigenvalue weighted by Crippen LogP contribution is 2.17. The second-order valence-electron chi connectivity index (χ2n) is 5.75. The minimum atomic E-state index is -0.609. The number of carbonyl (C=O) groups is 2. The van der Waals surface area contributed by atoms with E-state index in [0.717, 1.165) is 0 Å². The Kier molecular flexibility index (Phi) is 6.91. The van der Waals surface area contributed by atoms with Crippen LogP contribution in [0.15, 0.2) is 0 Å². The smallest absolute Gasteiger partial charge is 0.312 e. The van der Waals surface area contributed by atoms with E-state index in [-0.39, 0.29) is 18.4 Å². The number of nitrogens with one attached hydrogen (secondary N) is 1. The minimum absolute atomic E-state index is 0.0214. The summed E-state index contributed by atoms with van der Waals surface area (Å²) in [7, 11) is 3.19. The van der Waals surface area contributed by atoms with Gasteiger partial charge < -0.3 is 10.1 Å². The van der Waals surface area contributed by atoms with Crippen molar-refractivity contribution in [3.63, 3.8) is 0 Å². The molecule has 0 fully saturated rings. The first kappa shape index (κ1) is 16.9. The molecule has 0 aromatic rings. The number of carbonyl (C=O) groups excluding carboxylic acids is 2. The first-order chi connectivity index (χ1) is 8.19. The topological polar surface area (TPSA) is 58.6 Å². The van der Waals surface area contributed by atoms with Crippen molar-refractivity contribution in [1.82, 2.24) is 10.2 Å². The molecule has 0 aromatic heterocycles. The molecular weight excluding hydrogens is 232 g/mol. The summed E-state index contributed by atoms with van der Waals surface area (Å²) >= 11 is 0. The van der Waals surface area contributed by atoms with Gasteiger partial charge in [0.15, 0.2) is 0 Å². The van der Waals surface area contributed by atoms with Crippen LogP contribution in [0.4, 0.5) is 0 Å². The lowest BCUT2D eigenvalue weighted by atomic mass is 9.93. The van der Waals surface area contributed by atoms with Gasteiger partial charge in [-0.15, -0.1) is 0 Å². The number of methoxy groups -OCH3 is 1. The molecule has 0 rings (SSSR count). The van der Waals surface area contributed by atoms with Crippen molar-refractivity contribution in [3.8, 4) is 0 Å².